The number of rotatable bonds is 7. The molecule has 0 atom stereocenters. The van der Waals surface area contributed by atoms with E-state index in [1.54, 1.807) is 0 Å². The summed E-state index contributed by atoms with van der Waals surface area (Å²) in [5, 5.41) is 4.45. The summed E-state index contributed by atoms with van der Waals surface area (Å²) in [5.74, 6) is 0. The smallest absolute Gasteiger partial charge is 0.153 e. The van der Waals surface area contributed by atoms with Gasteiger partial charge in [-0.25, -0.2) is 0 Å². The number of hydrogen-bond acceptors (Lipinski definition) is 3. The second-order valence-corrected chi connectivity index (χ2v) is 3.55. The van der Waals surface area contributed by atoms with E-state index in [9.17, 15) is 4.79 Å². The van der Waals surface area contributed by atoms with Gasteiger partial charge in [0.25, 0.3) is 0 Å². The van der Waals surface area contributed by atoms with Gasteiger partial charge in [-0.15, -0.1) is 0 Å². The molecule has 90 valence electrons. The van der Waals surface area contributed by atoms with Crippen molar-refractivity contribution in [2.75, 3.05) is 13.2 Å². The second-order valence-electron chi connectivity index (χ2n) is 3.55. The minimum atomic E-state index is 0.645. The van der Waals surface area contributed by atoms with Gasteiger partial charge in [-0.05, 0) is 19.8 Å². The van der Waals surface area contributed by atoms with Crippen LogP contribution in [-0.2, 0) is 24.1 Å². The number of aromatic nitrogens is 2. The Bertz CT molecular complexity index is 345. The molecule has 4 heteroatoms. The molecule has 0 fully saturated rings. The van der Waals surface area contributed by atoms with Crippen molar-refractivity contribution in [2.24, 2.45) is 0 Å². The first-order valence-electron chi connectivity index (χ1n) is 5.89. The molecule has 0 bridgehead atoms. The molecule has 1 rings (SSSR count). The van der Waals surface area contributed by atoms with E-state index in [0.29, 0.717) is 13.2 Å². The lowest BCUT2D eigenvalue weighted by Crippen LogP contribution is -2.10. The van der Waals surface area contributed by atoms with Crippen LogP contribution in [0.1, 0.15) is 42.5 Å². The van der Waals surface area contributed by atoms with Crippen molar-refractivity contribution in [3.63, 3.8) is 0 Å². The van der Waals surface area contributed by atoms with Gasteiger partial charge in [0.05, 0.1) is 24.4 Å². The van der Waals surface area contributed by atoms with Gasteiger partial charge in [-0.2, -0.15) is 5.10 Å². The number of carbonyl (C=O) groups is 1. The molecule has 0 aliphatic rings. The minimum Gasteiger partial charge on any atom is -0.380 e. The van der Waals surface area contributed by atoms with Crippen molar-refractivity contribution in [3.8, 4) is 0 Å². The standard InChI is InChI=1S/C12H20N2O2/c1-4-11-10(9-15)12(5-2)14(13-11)7-8-16-6-3/h9H,4-8H2,1-3H3. The third-order valence-corrected chi connectivity index (χ3v) is 2.61. The lowest BCUT2D eigenvalue weighted by Gasteiger charge is -2.05. The van der Waals surface area contributed by atoms with Gasteiger partial charge in [0.2, 0.25) is 0 Å². The van der Waals surface area contributed by atoms with Gasteiger partial charge in [-0.3, -0.25) is 9.48 Å². The summed E-state index contributed by atoms with van der Waals surface area (Å²) in [5.41, 5.74) is 2.68. The van der Waals surface area contributed by atoms with E-state index >= 15 is 0 Å². The molecule has 16 heavy (non-hydrogen) atoms. The molecule has 0 amide bonds. The zero-order valence-electron chi connectivity index (χ0n) is 10.3. The third-order valence-electron chi connectivity index (χ3n) is 2.61. The van der Waals surface area contributed by atoms with E-state index in [-0.39, 0.29) is 0 Å². The Morgan fingerprint density at radius 1 is 1.31 bits per heavy atom. The van der Waals surface area contributed by atoms with Crippen molar-refractivity contribution in [3.05, 3.63) is 17.0 Å². The largest absolute Gasteiger partial charge is 0.380 e. The zero-order chi connectivity index (χ0) is 12.0. The average molecular weight is 224 g/mol. The summed E-state index contributed by atoms with van der Waals surface area (Å²) in [6, 6.07) is 0. The molecule has 0 aliphatic carbocycles. The first-order chi connectivity index (χ1) is 7.78. The van der Waals surface area contributed by atoms with Crippen LogP contribution >= 0.6 is 0 Å². The highest BCUT2D eigenvalue weighted by molar-refractivity contribution is 5.78. The fraction of sp³-hybridized carbons (Fsp3) is 0.667. The van der Waals surface area contributed by atoms with Crippen molar-refractivity contribution in [2.45, 2.75) is 40.2 Å². The quantitative estimate of drug-likeness (QED) is 0.524. The summed E-state index contributed by atoms with van der Waals surface area (Å²) >= 11 is 0. The molecule has 0 saturated carbocycles. The number of hydrogen-bond donors (Lipinski definition) is 0. The van der Waals surface area contributed by atoms with Crippen molar-refractivity contribution >= 4 is 6.29 Å². The fourth-order valence-electron chi connectivity index (χ4n) is 1.82. The molecular weight excluding hydrogens is 204 g/mol. The van der Waals surface area contributed by atoms with E-state index in [0.717, 1.165) is 42.6 Å². The Morgan fingerprint density at radius 2 is 2.06 bits per heavy atom. The van der Waals surface area contributed by atoms with Crippen LogP contribution in [0.25, 0.3) is 0 Å². The highest BCUT2D eigenvalue weighted by Crippen LogP contribution is 2.13. The highest BCUT2D eigenvalue weighted by atomic mass is 16.5. The molecule has 0 unspecified atom stereocenters. The maximum absolute atomic E-state index is 11.0. The molecule has 0 radical (unpaired) electrons. The number of carbonyl (C=O) groups excluding carboxylic acids is 1. The lowest BCUT2D eigenvalue weighted by molar-refractivity contribution is 0.112. The SMILES string of the molecule is CCOCCn1nc(CC)c(C=O)c1CC. The molecule has 0 aromatic carbocycles. The minimum absolute atomic E-state index is 0.645. The number of aryl methyl sites for hydroxylation is 1. The van der Waals surface area contributed by atoms with Crippen LogP contribution in [0.15, 0.2) is 0 Å². The van der Waals surface area contributed by atoms with E-state index in [1.807, 2.05) is 25.5 Å². The number of ether oxygens (including phenoxy) is 1. The maximum Gasteiger partial charge on any atom is 0.153 e. The monoisotopic (exact) mass is 224 g/mol. The van der Waals surface area contributed by atoms with Gasteiger partial charge >= 0.3 is 0 Å². The summed E-state index contributed by atoms with van der Waals surface area (Å²) in [7, 11) is 0. The average Bonchev–Trinajstić information content (AvgIpc) is 2.66. The molecule has 0 N–H and O–H groups in total. The number of aldehydes is 1. The van der Waals surface area contributed by atoms with Crippen LogP contribution in [0.5, 0.6) is 0 Å². The Labute approximate surface area is 96.6 Å². The van der Waals surface area contributed by atoms with Crippen LogP contribution in [0.3, 0.4) is 0 Å². The van der Waals surface area contributed by atoms with E-state index in [2.05, 4.69) is 5.10 Å². The molecule has 0 spiro atoms. The molecule has 1 aromatic rings. The van der Waals surface area contributed by atoms with Gasteiger partial charge in [-0.1, -0.05) is 13.8 Å². The van der Waals surface area contributed by atoms with Gasteiger partial charge < -0.3 is 4.74 Å². The van der Waals surface area contributed by atoms with Crippen molar-refractivity contribution < 1.29 is 9.53 Å². The molecular formula is C12H20N2O2. The summed E-state index contributed by atoms with van der Waals surface area (Å²) in [6.07, 6.45) is 2.54. The van der Waals surface area contributed by atoms with Crippen LogP contribution in [0.4, 0.5) is 0 Å². The predicted octanol–water partition coefficient (Wildman–Crippen LogP) is 1.86. The normalized spacial score (nSPS) is 10.7. The van der Waals surface area contributed by atoms with Crippen molar-refractivity contribution in [1.82, 2.24) is 9.78 Å². The first-order valence-corrected chi connectivity index (χ1v) is 5.89. The van der Waals surface area contributed by atoms with Gasteiger partial charge in [0, 0.05) is 12.3 Å². The van der Waals surface area contributed by atoms with Crippen LogP contribution < -0.4 is 0 Å². The third kappa shape index (κ3) is 2.70. The maximum atomic E-state index is 11.0. The zero-order valence-corrected chi connectivity index (χ0v) is 10.3. The van der Waals surface area contributed by atoms with Crippen LogP contribution in [-0.4, -0.2) is 29.3 Å². The Hall–Kier alpha value is -1.16. The Kier molecular flexibility index (Phi) is 5.19. The lowest BCUT2D eigenvalue weighted by atomic mass is 10.1. The Morgan fingerprint density at radius 3 is 2.56 bits per heavy atom. The predicted molar refractivity (Wildman–Crippen MR) is 62.9 cm³/mol. The topological polar surface area (TPSA) is 44.1 Å². The summed E-state index contributed by atoms with van der Waals surface area (Å²) in [4.78, 5) is 11.0. The van der Waals surface area contributed by atoms with Gasteiger partial charge in [0.15, 0.2) is 6.29 Å². The van der Waals surface area contributed by atoms with Gasteiger partial charge in [0.1, 0.15) is 0 Å². The molecule has 1 heterocycles. The molecule has 4 nitrogen and oxygen atoms in total. The first kappa shape index (κ1) is 12.9. The molecule has 0 aliphatic heterocycles. The van der Waals surface area contributed by atoms with Crippen LogP contribution in [0.2, 0.25) is 0 Å². The Balaban J connectivity index is 2.90. The second kappa shape index (κ2) is 6.43. The summed E-state index contributed by atoms with van der Waals surface area (Å²) in [6.45, 7) is 8.11. The fourth-order valence-corrected chi connectivity index (χ4v) is 1.82. The van der Waals surface area contributed by atoms with Crippen molar-refractivity contribution in [1.29, 1.82) is 0 Å². The van der Waals surface area contributed by atoms with E-state index in [4.69, 9.17) is 4.74 Å². The van der Waals surface area contributed by atoms with E-state index < -0.39 is 0 Å². The van der Waals surface area contributed by atoms with E-state index in [1.165, 1.54) is 0 Å². The molecule has 1 aromatic heterocycles. The molecule has 0 saturated heterocycles. The highest BCUT2D eigenvalue weighted by Gasteiger charge is 2.14. The number of nitrogens with zero attached hydrogens (tertiary/aromatic N) is 2. The van der Waals surface area contributed by atoms with Crippen LogP contribution in [0, 0.1) is 0 Å². The summed E-state index contributed by atoms with van der Waals surface area (Å²) < 4.78 is 7.21.